The fourth-order valence-corrected chi connectivity index (χ4v) is 3.38. The molecule has 2 fully saturated rings. The van der Waals surface area contributed by atoms with Crippen LogP contribution in [0.1, 0.15) is 25.3 Å². The number of nitrogens with two attached hydrogens (primary N) is 1. The molecular formula is C14H22N2OS. The first-order valence-electron chi connectivity index (χ1n) is 6.76. The van der Waals surface area contributed by atoms with Gasteiger partial charge in [-0.15, -0.1) is 0 Å². The topological polar surface area (TPSA) is 38.5 Å². The minimum atomic E-state index is 0.124. The minimum absolute atomic E-state index is 0.124. The number of hydrogen-bond acceptors (Lipinski definition) is 4. The lowest BCUT2D eigenvalue weighted by Crippen LogP contribution is -2.47. The summed E-state index contributed by atoms with van der Waals surface area (Å²) >= 11 is 1.78. The Hall–Kier alpha value is -0.420. The van der Waals surface area contributed by atoms with Crippen LogP contribution in [0.5, 0.6) is 0 Å². The zero-order valence-electron chi connectivity index (χ0n) is 11.0. The Morgan fingerprint density at radius 3 is 2.94 bits per heavy atom. The van der Waals surface area contributed by atoms with Gasteiger partial charge in [-0.3, -0.25) is 4.90 Å². The molecule has 1 aliphatic heterocycles. The van der Waals surface area contributed by atoms with E-state index in [2.05, 4.69) is 28.7 Å². The molecule has 2 heterocycles. The van der Waals surface area contributed by atoms with Crippen molar-refractivity contribution in [1.29, 1.82) is 0 Å². The SMILES string of the molecule is CC1(CN(Cc2ccsc2)C2CC2)COCC1N. The number of nitrogens with zero attached hydrogens (tertiary/aromatic N) is 1. The first-order chi connectivity index (χ1) is 8.67. The van der Waals surface area contributed by atoms with Gasteiger partial charge in [-0.2, -0.15) is 11.3 Å². The largest absolute Gasteiger partial charge is 0.379 e. The highest BCUT2D eigenvalue weighted by molar-refractivity contribution is 7.07. The van der Waals surface area contributed by atoms with E-state index in [0.717, 1.165) is 25.7 Å². The fraction of sp³-hybridized carbons (Fsp3) is 0.714. The predicted octanol–water partition coefficient (Wildman–Crippen LogP) is 2.08. The Bertz CT molecular complexity index is 391. The van der Waals surface area contributed by atoms with E-state index >= 15 is 0 Å². The average molecular weight is 266 g/mol. The summed E-state index contributed by atoms with van der Waals surface area (Å²) in [5, 5.41) is 4.41. The molecule has 1 aromatic rings. The first-order valence-corrected chi connectivity index (χ1v) is 7.70. The van der Waals surface area contributed by atoms with Gasteiger partial charge in [0.15, 0.2) is 0 Å². The lowest BCUT2D eigenvalue weighted by atomic mass is 9.85. The molecule has 0 aromatic carbocycles. The summed E-state index contributed by atoms with van der Waals surface area (Å²) in [4.78, 5) is 2.61. The molecule has 2 atom stereocenters. The second kappa shape index (κ2) is 4.93. The normalized spacial score (nSPS) is 32.3. The summed E-state index contributed by atoms with van der Waals surface area (Å²) in [6.45, 7) is 5.92. The summed E-state index contributed by atoms with van der Waals surface area (Å²) in [6, 6.07) is 3.18. The Kier molecular flexibility index (Phi) is 3.45. The van der Waals surface area contributed by atoms with Crippen LogP contribution in [-0.2, 0) is 11.3 Å². The molecule has 100 valence electrons. The van der Waals surface area contributed by atoms with Gasteiger partial charge in [-0.05, 0) is 35.2 Å². The van der Waals surface area contributed by atoms with Gasteiger partial charge in [0.05, 0.1) is 13.2 Å². The van der Waals surface area contributed by atoms with E-state index in [1.807, 2.05) is 0 Å². The minimum Gasteiger partial charge on any atom is -0.379 e. The van der Waals surface area contributed by atoms with E-state index in [1.54, 1.807) is 11.3 Å². The van der Waals surface area contributed by atoms with Gasteiger partial charge in [0.2, 0.25) is 0 Å². The number of ether oxygens (including phenoxy) is 1. The lowest BCUT2D eigenvalue weighted by molar-refractivity contribution is 0.111. The average Bonchev–Trinajstić information content (AvgIpc) is 2.98. The van der Waals surface area contributed by atoms with E-state index in [0.29, 0.717) is 6.61 Å². The Balaban J connectivity index is 1.67. The van der Waals surface area contributed by atoms with Gasteiger partial charge >= 0.3 is 0 Å². The monoisotopic (exact) mass is 266 g/mol. The van der Waals surface area contributed by atoms with Crippen molar-refractivity contribution in [3.63, 3.8) is 0 Å². The highest BCUT2D eigenvalue weighted by Gasteiger charge is 2.41. The second-order valence-corrected chi connectivity index (χ2v) is 6.82. The smallest absolute Gasteiger partial charge is 0.0624 e. The van der Waals surface area contributed by atoms with Crippen LogP contribution in [0.4, 0.5) is 0 Å². The number of hydrogen-bond donors (Lipinski definition) is 1. The lowest BCUT2D eigenvalue weighted by Gasteiger charge is -2.34. The van der Waals surface area contributed by atoms with E-state index < -0.39 is 0 Å². The highest BCUT2D eigenvalue weighted by atomic mass is 32.1. The maximum atomic E-state index is 6.21. The third-order valence-corrected chi connectivity index (χ3v) is 4.95. The van der Waals surface area contributed by atoms with Crippen LogP contribution >= 0.6 is 11.3 Å². The van der Waals surface area contributed by atoms with E-state index in [1.165, 1.54) is 18.4 Å². The molecule has 0 radical (unpaired) electrons. The molecule has 0 bridgehead atoms. The molecule has 18 heavy (non-hydrogen) atoms. The molecule has 0 amide bonds. The van der Waals surface area contributed by atoms with Crippen LogP contribution in [0, 0.1) is 5.41 Å². The Morgan fingerprint density at radius 1 is 1.56 bits per heavy atom. The van der Waals surface area contributed by atoms with Crippen LogP contribution in [0.3, 0.4) is 0 Å². The quantitative estimate of drug-likeness (QED) is 0.887. The van der Waals surface area contributed by atoms with Gasteiger partial charge in [-0.25, -0.2) is 0 Å². The highest BCUT2D eigenvalue weighted by Crippen LogP contribution is 2.35. The predicted molar refractivity (Wildman–Crippen MR) is 74.7 cm³/mol. The molecule has 3 nitrogen and oxygen atoms in total. The van der Waals surface area contributed by atoms with Crippen LogP contribution in [-0.4, -0.2) is 36.7 Å². The van der Waals surface area contributed by atoms with Crippen molar-refractivity contribution >= 4 is 11.3 Å². The molecule has 4 heteroatoms. The van der Waals surface area contributed by atoms with Crippen LogP contribution < -0.4 is 5.73 Å². The van der Waals surface area contributed by atoms with Gasteiger partial charge < -0.3 is 10.5 Å². The van der Waals surface area contributed by atoms with Gasteiger partial charge in [0.25, 0.3) is 0 Å². The molecule has 2 N–H and O–H groups in total. The van der Waals surface area contributed by atoms with Crippen molar-refractivity contribution in [2.24, 2.45) is 11.1 Å². The van der Waals surface area contributed by atoms with Crippen molar-refractivity contribution in [3.8, 4) is 0 Å². The Morgan fingerprint density at radius 2 is 2.39 bits per heavy atom. The summed E-state index contributed by atoms with van der Waals surface area (Å²) in [5.74, 6) is 0. The van der Waals surface area contributed by atoms with Crippen molar-refractivity contribution in [2.45, 2.75) is 38.4 Å². The molecule has 1 saturated carbocycles. The first kappa shape index (κ1) is 12.6. The fourth-order valence-electron chi connectivity index (χ4n) is 2.73. The van der Waals surface area contributed by atoms with Crippen LogP contribution in [0.2, 0.25) is 0 Å². The van der Waals surface area contributed by atoms with Crippen molar-refractivity contribution in [1.82, 2.24) is 4.90 Å². The number of thiophene rings is 1. The van der Waals surface area contributed by atoms with Gasteiger partial charge in [0.1, 0.15) is 0 Å². The summed E-state index contributed by atoms with van der Waals surface area (Å²) < 4.78 is 5.56. The van der Waals surface area contributed by atoms with E-state index in [4.69, 9.17) is 10.5 Å². The van der Waals surface area contributed by atoms with Crippen molar-refractivity contribution < 1.29 is 4.74 Å². The summed E-state index contributed by atoms with van der Waals surface area (Å²) in [7, 11) is 0. The summed E-state index contributed by atoms with van der Waals surface area (Å²) in [5.41, 5.74) is 7.76. The number of rotatable bonds is 5. The van der Waals surface area contributed by atoms with Crippen molar-refractivity contribution in [2.75, 3.05) is 19.8 Å². The zero-order valence-corrected chi connectivity index (χ0v) is 11.8. The molecule has 1 aliphatic carbocycles. The van der Waals surface area contributed by atoms with Gasteiger partial charge in [0, 0.05) is 30.6 Å². The molecule has 3 rings (SSSR count). The van der Waals surface area contributed by atoms with Crippen molar-refractivity contribution in [3.05, 3.63) is 22.4 Å². The van der Waals surface area contributed by atoms with E-state index in [-0.39, 0.29) is 11.5 Å². The standard InChI is InChI=1S/C14H22N2OS/c1-14(10-17-7-13(14)15)9-16(12-2-3-12)6-11-4-5-18-8-11/h4-5,8,12-13H,2-3,6-7,9-10,15H2,1H3. The summed E-state index contributed by atoms with van der Waals surface area (Å²) in [6.07, 6.45) is 2.69. The molecule has 1 aromatic heterocycles. The molecular weight excluding hydrogens is 244 g/mol. The van der Waals surface area contributed by atoms with Crippen LogP contribution in [0.15, 0.2) is 16.8 Å². The molecule has 2 unspecified atom stereocenters. The third-order valence-electron chi connectivity index (χ3n) is 4.22. The maximum Gasteiger partial charge on any atom is 0.0624 e. The third kappa shape index (κ3) is 2.62. The van der Waals surface area contributed by atoms with E-state index in [9.17, 15) is 0 Å². The zero-order chi connectivity index (χ0) is 12.6. The molecule has 0 spiro atoms. The second-order valence-electron chi connectivity index (χ2n) is 6.04. The Labute approximate surface area is 113 Å². The van der Waals surface area contributed by atoms with Crippen LogP contribution in [0.25, 0.3) is 0 Å². The maximum absolute atomic E-state index is 6.21. The molecule has 1 saturated heterocycles. The van der Waals surface area contributed by atoms with Gasteiger partial charge in [-0.1, -0.05) is 6.92 Å². The molecule has 2 aliphatic rings.